The lowest BCUT2D eigenvalue weighted by atomic mass is 10.3. The fourth-order valence-electron chi connectivity index (χ4n) is 1.47. The van der Waals surface area contributed by atoms with Gasteiger partial charge in [-0.25, -0.2) is 0 Å². The van der Waals surface area contributed by atoms with Crippen molar-refractivity contribution in [3.63, 3.8) is 0 Å². The predicted octanol–water partition coefficient (Wildman–Crippen LogP) is 1.61. The van der Waals surface area contributed by atoms with Gasteiger partial charge in [-0.05, 0) is 24.5 Å². The molecular formula is C10H14N2O. The summed E-state index contributed by atoms with van der Waals surface area (Å²) in [5.41, 5.74) is 1.13. The highest BCUT2D eigenvalue weighted by molar-refractivity contribution is 5.06. The van der Waals surface area contributed by atoms with E-state index < -0.39 is 0 Å². The molecule has 1 aromatic rings. The standard InChI is InChI=1S/C10H14N2O/c1-2-7-12(6-1)13-9-10-4-3-5-11-8-10/h3-5,8H,1-2,6-7,9H2. The number of hydrogen-bond acceptors (Lipinski definition) is 3. The molecule has 1 aliphatic heterocycles. The Balaban J connectivity index is 1.79. The summed E-state index contributed by atoms with van der Waals surface area (Å²) in [5.74, 6) is 0. The van der Waals surface area contributed by atoms with Crippen molar-refractivity contribution in [3.8, 4) is 0 Å². The molecule has 0 aliphatic carbocycles. The van der Waals surface area contributed by atoms with Crippen LogP contribution < -0.4 is 0 Å². The van der Waals surface area contributed by atoms with Crippen molar-refractivity contribution in [2.24, 2.45) is 0 Å². The molecule has 70 valence electrons. The molecule has 3 nitrogen and oxygen atoms in total. The molecule has 1 saturated heterocycles. The first kappa shape index (κ1) is 8.66. The molecule has 0 aromatic carbocycles. The van der Waals surface area contributed by atoms with Crippen LogP contribution in [0.15, 0.2) is 24.5 Å². The molecule has 1 aromatic heterocycles. The maximum absolute atomic E-state index is 5.58. The average Bonchev–Trinajstić information content (AvgIpc) is 2.69. The van der Waals surface area contributed by atoms with Gasteiger partial charge in [-0.2, -0.15) is 5.06 Å². The minimum absolute atomic E-state index is 0.647. The van der Waals surface area contributed by atoms with E-state index in [1.165, 1.54) is 12.8 Å². The SMILES string of the molecule is c1cncc(CON2CCCC2)c1. The van der Waals surface area contributed by atoms with Crippen LogP contribution >= 0.6 is 0 Å². The largest absolute Gasteiger partial charge is 0.294 e. The lowest BCUT2D eigenvalue weighted by molar-refractivity contribution is -0.153. The van der Waals surface area contributed by atoms with Crippen LogP contribution in [0.4, 0.5) is 0 Å². The van der Waals surface area contributed by atoms with Crippen LogP contribution in [-0.4, -0.2) is 23.1 Å². The van der Waals surface area contributed by atoms with Crippen LogP contribution in [0.5, 0.6) is 0 Å². The molecule has 3 heteroatoms. The quantitative estimate of drug-likeness (QED) is 0.703. The third kappa shape index (κ3) is 2.50. The van der Waals surface area contributed by atoms with Crippen molar-refractivity contribution in [3.05, 3.63) is 30.1 Å². The average molecular weight is 178 g/mol. The second kappa shape index (κ2) is 4.35. The highest BCUT2D eigenvalue weighted by Gasteiger charge is 2.11. The number of hydrogen-bond donors (Lipinski definition) is 0. The highest BCUT2D eigenvalue weighted by Crippen LogP contribution is 2.09. The van der Waals surface area contributed by atoms with Crippen LogP contribution in [0, 0.1) is 0 Å². The molecule has 0 radical (unpaired) electrons. The van der Waals surface area contributed by atoms with Crippen LogP contribution in [0.25, 0.3) is 0 Å². The van der Waals surface area contributed by atoms with E-state index in [9.17, 15) is 0 Å². The number of hydroxylamine groups is 2. The molecule has 1 fully saturated rings. The molecule has 2 heterocycles. The van der Waals surface area contributed by atoms with Gasteiger partial charge in [0.15, 0.2) is 0 Å². The molecule has 0 N–H and O–H groups in total. The number of nitrogens with zero attached hydrogens (tertiary/aromatic N) is 2. The van der Waals surface area contributed by atoms with Gasteiger partial charge < -0.3 is 0 Å². The molecule has 13 heavy (non-hydrogen) atoms. The minimum atomic E-state index is 0.647. The highest BCUT2D eigenvalue weighted by atomic mass is 16.7. The van der Waals surface area contributed by atoms with E-state index in [0.717, 1.165) is 18.7 Å². The Bertz CT molecular complexity index is 244. The van der Waals surface area contributed by atoms with Crippen molar-refractivity contribution in [2.75, 3.05) is 13.1 Å². The van der Waals surface area contributed by atoms with E-state index in [0.29, 0.717) is 6.61 Å². The van der Waals surface area contributed by atoms with E-state index in [1.54, 1.807) is 6.20 Å². The van der Waals surface area contributed by atoms with Gasteiger partial charge >= 0.3 is 0 Å². The van der Waals surface area contributed by atoms with E-state index >= 15 is 0 Å². The lowest BCUT2D eigenvalue weighted by Crippen LogP contribution is -2.19. The summed E-state index contributed by atoms with van der Waals surface area (Å²) in [5, 5.41) is 2.03. The summed E-state index contributed by atoms with van der Waals surface area (Å²) in [4.78, 5) is 9.61. The molecule has 0 bridgehead atoms. The molecule has 1 aliphatic rings. The van der Waals surface area contributed by atoms with Gasteiger partial charge in [0.2, 0.25) is 0 Å². The maximum atomic E-state index is 5.58. The summed E-state index contributed by atoms with van der Waals surface area (Å²) in [6.45, 7) is 2.79. The molecule has 2 rings (SSSR count). The normalized spacial score (nSPS) is 17.8. The summed E-state index contributed by atoms with van der Waals surface area (Å²) in [6, 6.07) is 3.96. The van der Waals surface area contributed by atoms with Gasteiger partial charge in [0, 0.05) is 25.5 Å². The number of rotatable bonds is 3. The summed E-state index contributed by atoms with van der Waals surface area (Å²) in [6.07, 6.45) is 6.13. The van der Waals surface area contributed by atoms with Gasteiger partial charge in [0.25, 0.3) is 0 Å². The molecule has 0 atom stereocenters. The Morgan fingerprint density at radius 3 is 2.92 bits per heavy atom. The topological polar surface area (TPSA) is 25.4 Å². The Morgan fingerprint density at radius 1 is 1.38 bits per heavy atom. The third-order valence-electron chi connectivity index (χ3n) is 2.20. The van der Waals surface area contributed by atoms with E-state index in [1.807, 2.05) is 23.4 Å². The summed E-state index contributed by atoms with van der Waals surface area (Å²) in [7, 11) is 0. The van der Waals surface area contributed by atoms with Gasteiger partial charge in [-0.3, -0.25) is 9.82 Å². The zero-order valence-corrected chi connectivity index (χ0v) is 7.65. The molecule has 0 unspecified atom stereocenters. The zero-order chi connectivity index (χ0) is 8.93. The Kier molecular flexibility index (Phi) is 2.90. The summed E-state index contributed by atoms with van der Waals surface area (Å²) >= 11 is 0. The molecule has 0 saturated carbocycles. The Labute approximate surface area is 78.3 Å². The Morgan fingerprint density at radius 2 is 2.23 bits per heavy atom. The predicted molar refractivity (Wildman–Crippen MR) is 49.8 cm³/mol. The first-order chi connectivity index (χ1) is 6.45. The lowest BCUT2D eigenvalue weighted by Gasteiger charge is -2.14. The zero-order valence-electron chi connectivity index (χ0n) is 7.65. The minimum Gasteiger partial charge on any atom is -0.294 e. The fourth-order valence-corrected chi connectivity index (χ4v) is 1.47. The molecule has 0 spiro atoms. The van der Waals surface area contributed by atoms with Crippen LogP contribution in [-0.2, 0) is 11.4 Å². The van der Waals surface area contributed by atoms with E-state index in [-0.39, 0.29) is 0 Å². The van der Waals surface area contributed by atoms with Crippen molar-refractivity contribution < 1.29 is 4.84 Å². The van der Waals surface area contributed by atoms with E-state index in [4.69, 9.17) is 4.84 Å². The van der Waals surface area contributed by atoms with Crippen molar-refractivity contribution in [1.82, 2.24) is 10.0 Å². The smallest absolute Gasteiger partial charge is 0.0950 e. The summed E-state index contributed by atoms with van der Waals surface area (Å²) < 4.78 is 0. The van der Waals surface area contributed by atoms with Gasteiger partial charge in [-0.15, -0.1) is 0 Å². The Hall–Kier alpha value is -0.930. The van der Waals surface area contributed by atoms with Crippen molar-refractivity contribution in [2.45, 2.75) is 19.4 Å². The molecular weight excluding hydrogens is 164 g/mol. The number of pyridine rings is 1. The van der Waals surface area contributed by atoms with E-state index in [2.05, 4.69) is 4.98 Å². The van der Waals surface area contributed by atoms with Crippen LogP contribution in [0.3, 0.4) is 0 Å². The van der Waals surface area contributed by atoms with Crippen LogP contribution in [0.1, 0.15) is 18.4 Å². The van der Waals surface area contributed by atoms with Crippen LogP contribution in [0.2, 0.25) is 0 Å². The first-order valence-corrected chi connectivity index (χ1v) is 4.72. The van der Waals surface area contributed by atoms with Gasteiger partial charge in [-0.1, -0.05) is 6.07 Å². The first-order valence-electron chi connectivity index (χ1n) is 4.72. The maximum Gasteiger partial charge on any atom is 0.0950 e. The second-order valence-corrected chi connectivity index (χ2v) is 3.27. The fraction of sp³-hybridized carbons (Fsp3) is 0.500. The second-order valence-electron chi connectivity index (χ2n) is 3.27. The third-order valence-corrected chi connectivity index (χ3v) is 2.20. The van der Waals surface area contributed by atoms with Crippen molar-refractivity contribution in [1.29, 1.82) is 0 Å². The molecule has 0 amide bonds. The van der Waals surface area contributed by atoms with Gasteiger partial charge in [0.05, 0.1) is 6.61 Å². The van der Waals surface area contributed by atoms with Gasteiger partial charge in [0.1, 0.15) is 0 Å². The van der Waals surface area contributed by atoms with Crippen molar-refractivity contribution >= 4 is 0 Å². The monoisotopic (exact) mass is 178 g/mol. The number of aromatic nitrogens is 1.